The highest BCUT2D eigenvalue weighted by Gasteiger charge is 2.20. The second-order valence-electron chi connectivity index (χ2n) is 11.3. The Labute approximate surface area is 257 Å². The van der Waals surface area contributed by atoms with Crippen LogP contribution in [-0.2, 0) is 0 Å². The van der Waals surface area contributed by atoms with Crippen molar-refractivity contribution in [2.75, 3.05) is 0 Å². The van der Waals surface area contributed by atoms with Crippen LogP contribution in [-0.4, -0.2) is 0 Å². The van der Waals surface area contributed by atoms with Gasteiger partial charge in [0.15, 0.2) is 0 Å². The summed E-state index contributed by atoms with van der Waals surface area (Å²) in [4.78, 5) is 0. The van der Waals surface area contributed by atoms with E-state index in [1.807, 2.05) is 12.1 Å². The van der Waals surface area contributed by atoms with Gasteiger partial charge in [-0.25, -0.2) is 0 Å². The Morgan fingerprint density at radius 2 is 1.00 bits per heavy atom. The van der Waals surface area contributed by atoms with E-state index in [1.54, 1.807) is 0 Å². The molecule has 0 aliphatic heterocycles. The van der Waals surface area contributed by atoms with Crippen LogP contribution in [0.1, 0.15) is 11.3 Å². The summed E-state index contributed by atoms with van der Waals surface area (Å²) < 4.78 is 6.46. The van der Waals surface area contributed by atoms with Crippen LogP contribution in [0, 0.1) is 6.92 Å². The first-order valence-corrected chi connectivity index (χ1v) is 15.1. The van der Waals surface area contributed by atoms with Gasteiger partial charge in [-0.2, -0.15) is 0 Å². The normalized spacial score (nSPS) is 11.4. The van der Waals surface area contributed by atoms with E-state index in [-0.39, 0.29) is 0 Å². The molecule has 8 aromatic rings. The van der Waals surface area contributed by atoms with Gasteiger partial charge in [-0.05, 0) is 85.1 Å². The lowest BCUT2D eigenvalue weighted by molar-refractivity contribution is 0.580. The van der Waals surface area contributed by atoms with E-state index in [4.69, 9.17) is 4.42 Å². The predicted molar refractivity (Wildman–Crippen MR) is 188 cm³/mol. The summed E-state index contributed by atoms with van der Waals surface area (Å²) in [5.41, 5.74) is 11.6. The van der Waals surface area contributed by atoms with Crippen molar-refractivity contribution in [3.05, 3.63) is 163 Å². The molecule has 208 valence electrons. The molecule has 7 aromatic carbocycles. The van der Waals surface area contributed by atoms with Crippen LogP contribution in [0.15, 0.2) is 157 Å². The largest absolute Gasteiger partial charge is 0.461 e. The molecule has 8 rings (SSSR count). The fourth-order valence-corrected chi connectivity index (χ4v) is 6.91. The molecule has 1 heteroatoms. The molecule has 0 radical (unpaired) electrons. The van der Waals surface area contributed by atoms with Crippen LogP contribution in [0.3, 0.4) is 0 Å². The molecule has 0 aliphatic carbocycles. The van der Waals surface area contributed by atoms with Crippen molar-refractivity contribution in [3.63, 3.8) is 0 Å². The highest BCUT2D eigenvalue weighted by atomic mass is 16.3. The van der Waals surface area contributed by atoms with Crippen molar-refractivity contribution in [1.82, 2.24) is 0 Å². The molecule has 44 heavy (non-hydrogen) atoms. The maximum Gasteiger partial charge on any atom is 0.135 e. The zero-order valence-corrected chi connectivity index (χ0v) is 24.5. The number of benzene rings is 7. The number of hydrogen-bond acceptors (Lipinski definition) is 1. The number of rotatable bonds is 5. The lowest BCUT2D eigenvalue weighted by Crippen LogP contribution is -1.92. The third-order valence-corrected chi connectivity index (χ3v) is 8.82. The number of fused-ring (bicyclic) bond motifs is 3. The maximum absolute atomic E-state index is 6.46. The van der Waals surface area contributed by atoms with E-state index >= 15 is 0 Å². The summed E-state index contributed by atoms with van der Waals surface area (Å²) in [5, 5.41) is 6.04. The minimum atomic E-state index is 0.889. The van der Waals surface area contributed by atoms with Crippen LogP contribution in [0.4, 0.5) is 0 Å². The lowest BCUT2D eigenvalue weighted by atomic mass is 9.83. The first kappa shape index (κ1) is 26.0. The Kier molecular flexibility index (Phi) is 6.24. The Morgan fingerprint density at radius 3 is 1.66 bits per heavy atom. The number of aryl methyl sites for hydroxylation is 1. The molecule has 0 unspecified atom stereocenters. The van der Waals surface area contributed by atoms with E-state index in [0.717, 1.165) is 39.0 Å². The lowest BCUT2D eigenvalue weighted by Gasteiger charge is -2.19. The number of furan rings is 1. The monoisotopic (exact) mass is 562 g/mol. The minimum absolute atomic E-state index is 0.889. The SMILES string of the molecule is C=Cc1ccccc1-c1c(C)oc2cc(-c3c4ccccc4c(-c4ccccc4-c4ccccc4)c4ccccc34)ccc12. The topological polar surface area (TPSA) is 13.1 Å². The van der Waals surface area contributed by atoms with E-state index in [2.05, 4.69) is 153 Å². The summed E-state index contributed by atoms with van der Waals surface area (Å²) in [5.74, 6) is 0.911. The van der Waals surface area contributed by atoms with E-state index in [9.17, 15) is 0 Å². The maximum atomic E-state index is 6.46. The van der Waals surface area contributed by atoms with Crippen molar-refractivity contribution in [2.45, 2.75) is 6.92 Å². The van der Waals surface area contributed by atoms with Gasteiger partial charge in [-0.3, -0.25) is 0 Å². The molecule has 0 amide bonds. The fourth-order valence-electron chi connectivity index (χ4n) is 6.91. The smallest absolute Gasteiger partial charge is 0.135 e. The van der Waals surface area contributed by atoms with Crippen molar-refractivity contribution in [2.24, 2.45) is 0 Å². The molecule has 0 atom stereocenters. The summed E-state index contributed by atoms with van der Waals surface area (Å²) in [6, 6.07) is 52.2. The first-order chi connectivity index (χ1) is 21.7. The quantitative estimate of drug-likeness (QED) is 0.190. The zero-order valence-electron chi connectivity index (χ0n) is 24.5. The standard InChI is InChI=1S/C43H30O/c1-3-29-15-7-8-19-33(29)41-28(2)44-40-27-31(25-26-39(40)41)42-35-21-11-13-23-37(35)43(38-24-14-12-22-36(38)42)34-20-10-9-18-32(34)30-16-5-4-6-17-30/h3-27H,1H2,2H3. The first-order valence-electron chi connectivity index (χ1n) is 15.1. The van der Waals surface area contributed by atoms with Crippen LogP contribution in [0.2, 0.25) is 0 Å². The van der Waals surface area contributed by atoms with Gasteiger partial charge in [0.05, 0.1) is 0 Å². The molecule has 0 fully saturated rings. The highest BCUT2D eigenvalue weighted by molar-refractivity contribution is 6.22. The summed E-state index contributed by atoms with van der Waals surface area (Å²) >= 11 is 0. The minimum Gasteiger partial charge on any atom is -0.461 e. The molecule has 0 saturated heterocycles. The third-order valence-electron chi connectivity index (χ3n) is 8.82. The highest BCUT2D eigenvalue weighted by Crippen LogP contribution is 2.47. The van der Waals surface area contributed by atoms with Crippen molar-refractivity contribution in [3.8, 4) is 44.5 Å². The second kappa shape index (κ2) is 10.6. The summed E-state index contributed by atoms with van der Waals surface area (Å²) in [6.45, 7) is 6.10. The van der Waals surface area contributed by atoms with Gasteiger partial charge in [0, 0.05) is 10.9 Å². The molecule has 0 saturated carbocycles. The Bertz CT molecular complexity index is 2300. The third kappa shape index (κ3) is 4.09. The predicted octanol–water partition coefficient (Wildman–Crippen LogP) is 12.4. The van der Waals surface area contributed by atoms with E-state index < -0.39 is 0 Å². The molecule has 0 N–H and O–H groups in total. The van der Waals surface area contributed by atoms with Gasteiger partial charge in [0.1, 0.15) is 11.3 Å². The van der Waals surface area contributed by atoms with Gasteiger partial charge in [-0.15, -0.1) is 0 Å². The Balaban J connectivity index is 1.41. The summed E-state index contributed by atoms with van der Waals surface area (Å²) in [6.07, 6.45) is 1.91. The molecule has 1 aromatic heterocycles. The molecule has 1 nitrogen and oxygen atoms in total. The molecule has 0 spiro atoms. The van der Waals surface area contributed by atoms with E-state index in [1.165, 1.54) is 49.4 Å². The van der Waals surface area contributed by atoms with Gasteiger partial charge in [0.2, 0.25) is 0 Å². The fraction of sp³-hybridized carbons (Fsp3) is 0.0233. The van der Waals surface area contributed by atoms with Crippen LogP contribution in [0.25, 0.3) is 83.1 Å². The van der Waals surface area contributed by atoms with Crippen molar-refractivity contribution in [1.29, 1.82) is 0 Å². The van der Waals surface area contributed by atoms with Gasteiger partial charge in [0.25, 0.3) is 0 Å². The zero-order chi connectivity index (χ0) is 29.6. The molecule has 0 aliphatic rings. The van der Waals surface area contributed by atoms with Crippen LogP contribution < -0.4 is 0 Å². The number of hydrogen-bond donors (Lipinski definition) is 0. The molecular formula is C43H30O. The Morgan fingerprint density at radius 1 is 0.455 bits per heavy atom. The van der Waals surface area contributed by atoms with Crippen molar-refractivity contribution >= 4 is 38.6 Å². The second-order valence-corrected chi connectivity index (χ2v) is 11.3. The Hall–Kier alpha value is -5.66. The van der Waals surface area contributed by atoms with Crippen molar-refractivity contribution < 1.29 is 4.42 Å². The average Bonchev–Trinajstić information content (AvgIpc) is 3.42. The van der Waals surface area contributed by atoms with Gasteiger partial charge < -0.3 is 4.42 Å². The van der Waals surface area contributed by atoms with Gasteiger partial charge >= 0.3 is 0 Å². The van der Waals surface area contributed by atoms with Gasteiger partial charge in [-0.1, -0.05) is 146 Å². The average molecular weight is 563 g/mol. The molecular weight excluding hydrogens is 532 g/mol. The van der Waals surface area contributed by atoms with Crippen LogP contribution in [0.5, 0.6) is 0 Å². The van der Waals surface area contributed by atoms with E-state index in [0.29, 0.717) is 0 Å². The molecule has 0 bridgehead atoms. The molecule has 1 heterocycles. The van der Waals surface area contributed by atoms with Crippen LogP contribution >= 0.6 is 0 Å². The summed E-state index contributed by atoms with van der Waals surface area (Å²) in [7, 11) is 0.